The zero-order valence-corrected chi connectivity index (χ0v) is 15.2. The molecule has 0 saturated heterocycles. The van der Waals surface area contributed by atoms with Crippen molar-refractivity contribution in [3.05, 3.63) is 64.9 Å². The van der Waals surface area contributed by atoms with Crippen LogP contribution in [-0.2, 0) is 0 Å². The Morgan fingerprint density at radius 1 is 1.12 bits per heavy atom. The average molecular weight is 366 g/mol. The fourth-order valence-corrected chi connectivity index (χ4v) is 2.56. The minimum absolute atomic E-state index is 0.391. The summed E-state index contributed by atoms with van der Waals surface area (Å²) < 4.78 is 12.6. The van der Waals surface area contributed by atoms with Gasteiger partial charge in [-0.05, 0) is 36.0 Å². The molecule has 0 radical (unpaired) electrons. The molecule has 26 heavy (non-hydrogen) atoms. The van der Waals surface area contributed by atoms with Gasteiger partial charge in [-0.15, -0.1) is 0 Å². The highest BCUT2D eigenvalue weighted by atomic mass is 32.1. The van der Waals surface area contributed by atoms with Gasteiger partial charge in [0.15, 0.2) is 5.82 Å². The van der Waals surface area contributed by atoms with E-state index in [1.54, 1.807) is 31.2 Å². The summed E-state index contributed by atoms with van der Waals surface area (Å²) in [6.45, 7) is 0. The number of hydrogen-bond donors (Lipinski definition) is 1. The lowest BCUT2D eigenvalue weighted by atomic mass is 10.2. The highest BCUT2D eigenvalue weighted by molar-refractivity contribution is 7.71. The van der Waals surface area contributed by atoms with Gasteiger partial charge in [-0.2, -0.15) is 14.9 Å². The van der Waals surface area contributed by atoms with Crippen LogP contribution in [0.2, 0.25) is 0 Å². The largest absolute Gasteiger partial charge is 0.497 e. The van der Waals surface area contributed by atoms with E-state index in [0.29, 0.717) is 22.1 Å². The van der Waals surface area contributed by atoms with E-state index in [4.69, 9.17) is 21.7 Å². The number of allylic oxidation sites excluding steroid dienone is 1. The molecule has 1 aromatic heterocycles. The van der Waals surface area contributed by atoms with Crippen LogP contribution in [0.3, 0.4) is 0 Å². The summed E-state index contributed by atoms with van der Waals surface area (Å²) in [7, 11) is 3.20. The van der Waals surface area contributed by atoms with Crippen molar-refractivity contribution in [3.63, 3.8) is 0 Å². The third kappa shape index (κ3) is 3.89. The quantitative estimate of drug-likeness (QED) is 0.525. The minimum atomic E-state index is 0.391. The van der Waals surface area contributed by atoms with Gasteiger partial charge in [-0.25, -0.2) is 5.10 Å². The Morgan fingerprint density at radius 2 is 1.92 bits per heavy atom. The van der Waals surface area contributed by atoms with E-state index in [1.165, 1.54) is 0 Å². The molecule has 0 bridgehead atoms. The van der Waals surface area contributed by atoms with E-state index < -0.39 is 0 Å². The second-order valence-electron chi connectivity index (χ2n) is 5.26. The summed E-state index contributed by atoms with van der Waals surface area (Å²) in [6, 6.07) is 15.5. The Morgan fingerprint density at radius 3 is 2.65 bits per heavy atom. The Labute approximate surface area is 156 Å². The van der Waals surface area contributed by atoms with E-state index in [1.807, 2.05) is 54.6 Å². The second kappa shape index (κ2) is 8.26. The Kier molecular flexibility index (Phi) is 5.60. The predicted molar refractivity (Wildman–Crippen MR) is 105 cm³/mol. The fourth-order valence-electron chi connectivity index (χ4n) is 2.38. The molecule has 0 saturated carbocycles. The van der Waals surface area contributed by atoms with Crippen molar-refractivity contribution in [2.24, 2.45) is 5.10 Å². The van der Waals surface area contributed by atoms with Gasteiger partial charge in [-0.1, -0.05) is 36.4 Å². The molecule has 2 aromatic carbocycles. The van der Waals surface area contributed by atoms with Gasteiger partial charge in [0.25, 0.3) is 0 Å². The van der Waals surface area contributed by atoms with Gasteiger partial charge in [0.1, 0.15) is 11.5 Å². The number of rotatable bonds is 6. The predicted octanol–water partition coefficient (Wildman–Crippen LogP) is 4.17. The standard InChI is InChI=1S/C19H18N4O2S/c1-24-15-10-11-16(17(13-15)25-2)18-21-22-19(26)23(18)20-12-6-9-14-7-4-3-5-8-14/h3-13H,1-2H3,(H,22,26)/b9-6+,20-12-. The van der Waals surface area contributed by atoms with Crippen LogP contribution in [0.15, 0.2) is 59.7 Å². The number of nitrogens with zero attached hydrogens (tertiary/aromatic N) is 3. The molecule has 1 N–H and O–H groups in total. The van der Waals surface area contributed by atoms with Crippen LogP contribution in [0.25, 0.3) is 17.5 Å². The number of ether oxygens (including phenoxy) is 2. The Balaban J connectivity index is 1.91. The average Bonchev–Trinajstić information content (AvgIpc) is 3.05. The summed E-state index contributed by atoms with van der Waals surface area (Å²) in [5, 5.41) is 11.4. The first kappa shape index (κ1) is 17.6. The monoisotopic (exact) mass is 366 g/mol. The maximum absolute atomic E-state index is 5.44. The zero-order valence-electron chi connectivity index (χ0n) is 14.4. The highest BCUT2D eigenvalue weighted by Crippen LogP contribution is 2.32. The van der Waals surface area contributed by atoms with Crippen molar-refractivity contribution in [2.75, 3.05) is 14.2 Å². The van der Waals surface area contributed by atoms with Crippen molar-refractivity contribution < 1.29 is 9.47 Å². The smallest absolute Gasteiger partial charge is 0.216 e. The number of benzene rings is 2. The number of aromatic amines is 1. The van der Waals surface area contributed by atoms with Crippen molar-refractivity contribution >= 4 is 24.5 Å². The van der Waals surface area contributed by atoms with Crippen LogP contribution in [0.5, 0.6) is 11.5 Å². The topological polar surface area (TPSA) is 64.4 Å². The Hall–Kier alpha value is -3.19. The molecule has 132 valence electrons. The molecular formula is C19H18N4O2S. The zero-order chi connectivity index (χ0) is 18.4. The van der Waals surface area contributed by atoms with Crippen LogP contribution in [0.4, 0.5) is 0 Å². The van der Waals surface area contributed by atoms with E-state index in [9.17, 15) is 0 Å². The number of hydrogen-bond acceptors (Lipinski definition) is 5. The molecule has 0 atom stereocenters. The van der Waals surface area contributed by atoms with Gasteiger partial charge in [0.2, 0.25) is 4.77 Å². The van der Waals surface area contributed by atoms with E-state index in [2.05, 4.69) is 15.3 Å². The van der Waals surface area contributed by atoms with Gasteiger partial charge in [-0.3, -0.25) is 0 Å². The van der Waals surface area contributed by atoms with Gasteiger partial charge < -0.3 is 9.47 Å². The van der Waals surface area contributed by atoms with Crippen LogP contribution >= 0.6 is 12.2 Å². The summed E-state index contributed by atoms with van der Waals surface area (Å²) in [5.41, 5.74) is 1.84. The molecule has 6 nitrogen and oxygen atoms in total. The molecule has 0 aliphatic heterocycles. The molecule has 0 fully saturated rings. The maximum atomic E-state index is 5.44. The first-order valence-electron chi connectivity index (χ1n) is 7.89. The SMILES string of the molecule is COc1ccc(-c2n[nH]c(=S)n2/N=C\C=C\c2ccccc2)c(OC)c1. The molecule has 0 spiro atoms. The minimum Gasteiger partial charge on any atom is -0.497 e. The first-order chi connectivity index (χ1) is 12.7. The van der Waals surface area contributed by atoms with Gasteiger partial charge in [0, 0.05) is 12.3 Å². The molecule has 0 amide bonds. The molecule has 0 aliphatic rings. The normalized spacial score (nSPS) is 11.3. The third-order valence-electron chi connectivity index (χ3n) is 3.66. The summed E-state index contributed by atoms with van der Waals surface area (Å²) in [5.74, 6) is 1.87. The lowest BCUT2D eigenvalue weighted by molar-refractivity contribution is 0.395. The van der Waals surface area contributed by atoms with E-state index >= 15 is 0 Å². The molecule has 0 unspecified atom stereocenters. The first-order valence-corrected chi connectivity index (χ1v) is 8.29. The summed E-state index contributed by atoms with van der Waals surface area (Å²) in [4.78, 5) is 0. The Bertz CT molecular complexity index is 990. The molecule has 7 heteroatoms. The lowest BCUT2D eigenvalue weighted by Crippen LogP contribution is -1.97. The van der Waals surface area contributed by atoms with Gasteiger partial charge >= 0.3 is 0 Å². The van der Waals surface area contributed by atoms with Crippen molar-refractivity contribution in [3.8, 4) is 22.9 Å². The molecular weight excluding hydrogens is 348 g/mol. The van der Waals surface area contributed by atoms with Crippen molar-refractivity contribution in [1.82, 2.24) is 14.9 Å². The highest BCUT2D eigenvalue weighted by Gasteiger charge is 2.14. The van der Waals surface area contributed by atoms with Crippen LogP contribution in [0.1, 0.15) is 5.56 Å². The number of aromatic nitrogens is 3. The second-order valence-corrected chi connectivity index (χ2v) is 5.65. The van der Waals surface area contributed by atoms with E-state index in [0.717, 1.165) is 11.1 Å². The molecule has 3 rings (SSSR count). The lowest BCUT2D eigenvalue weighted by Gasteiger charge is -2.09. The van der Waals surface area contributed by atoms with Crippen LogP contribution < -0.4 is 9.47 Å². The van der Waals surface area contributed by atoms with Crippen molar-refractivity contribution in [2.45, 2.75) is 0 Å². The number of nitrogens with one attached hydrogen (secondary N) is 1. The molecule has 3 aromatic rings. The van der Waals surface area contributed by atoms with Crippen molar-refractivity contribution in [1.29, 1.82) is 0 Å². The molecule has 1 heterocycles. The van der Waals surface area contributed by atoms with Gasteiger partial charge in [0.05, 0.1) is 19.8 Å². The molecule has 0 aliphatic carbocycles. The summed E-state index contributed by atoms with van der Waals surface area (Å²) >= 11 is 5.29. The number of H-pyrrole nitrogens is 1. The fraction of sp³-hybridized carbons (Fsp3) is 0.105. The number of methoxy groups -OCH3 is 2. The van der Waals surface area contributed by atoms with E-state index in [-0.39, 0.29) is 0 Å². The van der Waals surface area contributed by atoms with Crippen LogP contribution in [0, 0.1) is 4.77 Å². The maximum Gasteiger partial charge on any atom is 0.216 e. The third-order valence-corrected chi connectivity index (χ3v) is 3.92. The van der Waals surface area contributed by atoms with Crippen LogP contribution in [-0.4, -0.2) is 35.3 Å². The summed E-state index contributed by atoms with van der Waals surface area (Å²) in [6.07, 6.45) is 5.47.